The van der Waals surface area contributed by atoms with E-state index in [4.69, 9.17) is 46.4 Å². The normalized spacial score (nSPS) is 10.4. The maximum Gasteiger partial charge on any atom is 0.335 e. The van der Waals surface area contributed by atoms with Gasteiger partial charge in [0.15, 0.2) is 0 Å². The predicted molar refractivity (Wildman–Crippen MR) is 57.4 cm³/mol. The topological polar surface area (TPSA) is 34.1 Å². The Morgan fingerprint density at radius 2 is 0.875 bits per heavy atom. The second-order valence-electron chi connectivity index (χ2n) is 2.55. The summed E-state index contributed by atoms with van der Waals surface area (Å²) in [5.74, 6) is 0. The van der Waals surface area contributed by atoms with Gasteiger partial charge in [-0.25, -0.2) is 0 Å². The first kappa shape index (κ1) is 13.6. The first-order chi connectivity index (χ1) is 7.29. The molecule has 0 fully saturated rings. The van der Waals surface area contributed by atoms with Gasteiger partial charge in [-0.2, -0.15) is 8.78 Å². The molecule has 0 aliphatic carbocycles. The van der Waals surface area contributed by atoms with Crippen LogP contribution in [0.1, 0.15) is 20.7 Å². The zero-order chi connectivity index (χ0) is 12.6. The van der Waals surface area contributed by atoms with Crippen molar-refractivity contribution in [3.05, 3.63) is 31.2 Å². The molecule has 86 valence electrons. The standard InChI is InChI=1S/C8Cl4F2O2/c9-3-1(7(13)15)4(10)6(12)2(5(3)11)8(14)16. The lowest BCUT2D eigenvalue weighted by Gasteiger charge is -2.09. The van der Waals surface area contributed by atoms with Crippen LogP contribution in [0.5, 0.6) is 0 Å². The highest BCUT2D eigenvalue weighted by molar-refractivity contribution is 6.52. The highest BCUT2D eigenvalue weighted by Gasteiger charge is 2.27. The predicted octanol–water partition coefficient (Wildman–Crippen LogP) is 4.52. The van der Waals surface area contributed by atoms with Gasteiger partial charge in [-0.3, -0.25) is 9.59 Å². The fourth-order valence-corrected chi connectivity index (χ4v) is 2.13. The van der Waals surface area contributed by atoms with Crippen LogP contribution in [0.25, 0.3) is 0 Å². The Labute approximate surface area is 108 Å². The number of carbonyl (C=O) groups excluding carboxylic acids is 2. The Morgan fingerprint density at radius 1 is 0.688 bits per heavy atom. The van der Waals surface area contributed by atoms with Gasteiger partial charge in [-0.05, 0) is 0 Å². The summed E-state index contributed by atoms with van der Waals surface area (Å²) in [6, 6.07) is -3.98. The summed E-state index contributed by atoms with van der Waals surface area (Å²) in [6.45, 7) is 0. The summed E-state index contributed by atoms with van der Waals surface area (Å²) in [5.41, 5.74) is -1.60. The van der Waals surface area contributed by atoms with E-state index in [-0.39, 0.29) is 0 Å². The fourth-order valence-electron chi connectivity index (χ4n) is 0.977. The van der Waals surface area contributed by atoms with Gasteiger partial charge in [-0.15, -0.1) is 0 Å². The second kappa shape index (κ2) is 4.84. The summed E-state index contributed by atoms with van der Waals surface area (Å²) >= 11 is 21.8. The summed E-state index contributed by atoms with van der Waals surface area (Å²) in [7, 11) is 0. The summed E-state index contributed by atoms with van der Waals surface area (Å²) < 4.78 is 25.1. The van der Waals surface area contributed by atoms with Gasteiger partial charge in [0.1, 0.15) is 0 Å². The number of hydrogen-bond acceptors (Lipinski definition) is 2. The van der Waals surface area contributed by atoms with Crippen LogP contribution in [0.3, 0.4) is 0 Å². The van der Waals surface area contributed by atoms with Gasteiger partial charge in [0.05, 0.1) is 31.2 Å². The Balaban J connectivity index is 3.77. The first-order valence-corrected chi connectivity index (χ1v) is 5.05. The SMILES string of the molecule is O=C(F)c1c(Cl)c(Cl)c(C(=O)F)c(Cl)c1Cl. The Bertz CT molecular complexity index is 427. The van der Waals surface area contributed by atoms with Crippen molar-refractivity contribution in [1.29, 1.82) is 0 Å². The molecule has 0 aliphatic rings. The molecule has 8 heteroatoms. The van der Waals surface area contributed by atoms with Crippen molar-refractivity contribution in [3.63, 3.8) is 0 Å². The Kier molecular flexibility index (Phi) is 4.12. The smallest absolute Gasteiger partial charge is 0.255 e. The molecule has 1 rings (SSSR count). The van der Waals surface area contributed by atoms with Crippen LogP contribution in [0.4, 0.5) is 8.78 Å². The maximum atomic E-state index is 12.5. The average molecular weight is 308 g/mol. The third kappa shape index (κ3) is 2.15. The number of carbonyl (C=O) groups is 2. The fraction of sp³-hybridized carbons (Fsp3) is 0. The van der Waals surface area contributed by atoms with Crippen molar-refractivity contribution in [1.82, 2.24) is 0 Å². The summed E-state index contributed by atoms with van der Waals surface area (Å²) in [4.78, 5) is 21.1. The molecular formula is C8Cl4F2O2. The van der Waals surface area contributed by atoms with Crippen LogP contribution in [0, 0.1) is 0 Å². The van der Waals surface area contributed by atoms with Gasteiger partial charge in [0.25, 0.3) is 0 Å². The maximum absolute atomic E-state index is 12.5. The van der Waals surface area contributed by atoms with Crippen molar-refractivity contribution in [2.24, 2.45) is 0 Å². The molecule has 0 atom stereocenters. The molecule has 0 N–H and O–H groups in total. The second-order valence-corrected chi connectivity index (χ2v) is 4.07. The van der Waals surface area contributed by atoms with Gasteiger partial charge >= 0.3 is 12.1 Å². The molecule has 0 heterocycles. The third-order valence-corrected chi connectivity index (χ3v) is 3.36. The molecule has 0 saturated heterocycles. The van der Waals surface area contributed by atoms with Crippen molar-refractivity contribution < 1.29 is 18.4 Å². The Morgan fingerprint density at radius 3 is 1.00 bits per heavy atom. The van der Waals surface area contributed by atoms with Gasteiger partial charge in [0, 0.05) is 0 Å². The lowest BCUT2D eigenvalue weighted by Crippen LogP contribution is -2.02. The number of hydrogen-bond donors (Lipinski definition) is 0. The van der Waals surface area contributed by atoms with Gasteiger partial charge < -0.3 is 0 Å². The van der Waals surface area contributed by atoms with Crippen LogP contribution >= 0.6 is 46.4 Å². The van der Waals surface area contributed by atoms with E-state index < -0.39 is 43.3 Å². The van der Waals surface area contributed by atoms with Crippen molar-refractivity contribution in [2.45, 2.75) is 0 Å². The van der Waals surface area contributed by atoms with E-state index in [1.165, 1.54) is 0 Å². The quantitative estimate of drug-likeness (QED) is 0.594. The molecule has 0 aromatic heterocycles. The minimum absolute atomic E-state index is 0.662. The molecule has 0 bridgehead atoms. The molecule has 0 saturated carbocycles. The molecule has 0 unspecified atom stereocenters. The minimum Gasteiger partial charge on any atom is -0.255 e. The van der Waals surface area contributed by atoms with Crippen molar-refractivity contribution >= 4 is 58.5 Å². The van der Waals surface area contributed by atoms with E-state index in [1.807, 2.05) is 0 Å². The van der Waals surface area contributed by atoms with Crippen LogP contribution in [0.2, 0.25) is 20.1 Å². The molecule has 16 heavy (non-hydrogen) atoms. The van der Waals surface area contributed by atoms with Crippen LogP contribution in [-0.2, 0) is 0 Å². The highest BCUT2D eigenvalue weighted by Crippen LogP contribution is 2.41. The van der Waals surface area contributed by atoms with Crippen molar-refractivity contribution in [3.8, 4) is 0 Å². The molecular weight excluding hydrogens is 308 g/mol. The van der Waals surface area contributed by atoms with Crippen LogP contribution < -0.4 is 0 Å². The molecule has 0 radical (unpaired) electrons. The van der Waals surface area contributed by atoms with Gasteiger partial charge in [0.2, 0.25) is 0 Å². The highest BCUT2D eigenvalue weighted by atomic mass is 35.5. The number of benzene rings is 1. The molecule has 0 amide bonds. The van der Waals surface area contributed by atoms with Crippen LogP contribution in [-0.4, -0.2) is 12.1 Å². The molecule has 0 spiro atoms. The molecule has 1 aromatic carbocycles. The van der Waals surface area contributed by atoms with E-state index in [2.05, 4.69) is 0 Å². The first-order valence-electron chi connectivity index (χ1n) is 3.54. The van der Waals surface area contributed by atoms with E-state index in [0.717, 1.165) is 0 Å². The number of rotatable bonds is 2. The molecule has 0 aliphatic heterocycles. The molecule has 2 nitrogen and oxygen atoms in total. The monoisotopic (exact) mass is 306 g/mol. The van der Waals surface area contributed by atoms with E-state index in [1.54, 1.807) is 0 Å². The summed E-state index contributed by atoms with van der Waals surface area (Å²) in [5, 5.41) is -2.65. The largest absolute Gasteiger partial charge is 0.335 e. The zero-order valence-corrected chi connectivity index (χ0v) is 10.1. The third-order valence-electron chi connectivity index (χ3n) is 1.66. The lowest BCUT2D eigenvalue weighted by atomic mass is 10.1. The summed E-state index contributed by atoms with van der Waals surface area (Å²) in [6.07, 6.45) is 0. The Hall–Kier alpha value is -0.420. The zero-order valence-electron chi connectivity index (χ0n) is 7.08. The number of halogens is 6. The average Bonchev–Trinajstić information content (AvgIpc) is 2.14. The van der Waals surface area contributed by atoms with Crippen molar-refractivity contribution in [2.75, 3.05) is 0 Å². The van der Waals surface area contributed by atoms with E-state index in [0.29, 0.717) is 0 Å². The minimum atomic E-state index is -1.99. The lowest BCUT2D eigenvalue weighted by molar-refractivity contribution is 0.0822. The van der Waals surface area contributed by atoms with E-state index in [9.17, 15) is 18.4 Å². The van der Waals surface area contributed by atoms with Crippen LogP contribution in [0.15, 0.2) is 0 Å². The van der Waals surface area contributed by atoms with E-state index >= 15 is 0 Å². The molecule has 1 aromatic rings. The van der Waals surface area contributed by atoms with Gasteiger partial charge in [-0.1, -0.05) is 46.4 Å².